The Bertz CT molecular complexity index is 1450. The quantitative estimate of drug-likeness (QED) is 0.378. The summed E-state index contributed by atoms with van der Waals surface area (Å²) in [7, 11) is -2.64. The van der Waals surface area contributed by atoms with Crippen LogP contribution in [0.1, 0.15) is 19.4 Å². The molecule has 0 unspecified atom stereocenters. The van der Waals surface area contributed by atoms with E-state index in [4.69, 9.17) is 14.2 Å². The molecule has 11 heteroatoms. The number of benzene rings is 3. The molecular weight excluding hydrogens is 534 g/mol. The van der Waals surface area contributed by atoms with Gasteiger partial charge in [0.15, 0.2) is 11.5 Å². The Morgan fingerprint density at radius 2 is 1.70 bits per heavy atom. The highest BCUT2D eigenvalue weighted by Gasteiger charge is 2.33. The van der Waals surface area contributed by atoms with Gasteiger partial charge in [-0.3, -0.25) is 13.9 Å². The van der Waals surface area contributed by atoms with Crippen LogP contribution in [0.15, 0.2) is 77.7 Å². The number of hydrogen-bond donors (Lipinski definition) is 1. The van der Waals surface area contributed by atoms with Gasteiger partial charge in [0.1, 0.15) is 31.5 Å². The second-order valence-electron chi connectivity index (χ2n) is 9.10. The van der Waals surface area contributed by atoms with E-state index < -0.39 is 28.5 Å². The number of fused-ring (bicyclic) bond motifs is 1. The van der Waals surface area contributed by atoms with Gasteiger partial charge in [-0.05, 0) is 55.8 Å². The molecule has 0 saturated heterocycles. The van der Waals surface area contributed by atoms with Gasteiger partial charge in [-0.15, -0.1) is 0 Å². The fraction of sp³-hybridized carbons (Fsp3) is 0.310. The number of rotatable bonds is 11. The number of carbonyl (C=O) groups is 2. The molecule has 212 valence electrons. The first-order chi connectivity index (χ1) is 19.2. The lowest BCUT2D eigenvalue weighted by Gasteiger charge is -2.32. The average molecular weight is 568 g/mol. The molecule has 3 aromatic carbocycles. The Morgan fingerprint density at radius 1 is 0.975 bits per heavy atom. The third-order valence-corrected chi connectivity index (χ3v) is 8.22. The van der Waals surface area contributed by atoms with Crippen molar-refractivity contribution in [2.24, 2.45) is 0 Å². The predicted molar refractivity (Wildman–Crippen MR) is 150 cm³/mol. The Morgan fingerprint density at radius 3 is 2.40 bits per heavy atom. The normalized spacial score (nSPS) is 13.2. The lowest BCUT2D eigenvalue weighted by molar-refractivity contribution is -0.139. The number of carbonyl (C=O) groups excluding carboxylic acids is 2. The Labute approximate surface area is 234 Å². The standard InChI is InChI=1S/C29H33N3O7S/c1-4-30-29(34)21(2)31(19-22-9-8-10-24(17-22)37-3)28(33)20-32(40(35,36)25-11-6-5-7-12-25)23-13-14-26-27(18-23)39-16-15-38-26/h5-14,17-18,21H,4,15-16,19-20H2,1-3H3,(H,30,34)/t21-/m0/s1. The number of amides is 2. The van der Waals surface area contributed by atoms with Gasteiger partial charge in [-0.1, -0.05) is 30.3 Å². The third kappa shape index (κ3) is 6.48. The first-order valence-electron chi connectivity index (χ1n) is 12.9. The first kappa shape index (κ1) is 28.8. The van der Waals surface area contributed by atoms with Crippen LogP contribution in [0, 0.1) is 0 Å². The molecule has 1 aliphatic rings. The molecule has 2 amide bonds. The van der Waals surface area contributed by atoms with Gasteiger partial charge < -0.3 is 24.4 Å². The molecule has 1 heterocycles. The molecule has 0 spiro atoms. The van der Waals surface area contributed by atoms with Gasteiger partial charge in [-0.2, -0.15) is 0 Å². The van der Waals surface area contributed by atoms with Crippen LogP contribution in [0.3, 0.4) is 0 Å². The van der Waals surface area contributed by atoms with Crippen LogP contribution in [-0.4, -0.2) is 64.6 Å². The topological polar surface area (TPSA) is 114 Å². The van der Waals surface area contributed by atoms with E-state index in [1.165, 1.54) is 17.0 Å². The molecule has 3 aromatic rings. The summed E-state index contributed by atoms with van der Waals surface area (Å²) in [5.41, 5.74) is 0.953. The van der Waals surface area contributed by atoms with E-state index in [0.717, 1.165) is 9.87 Å². The molecule has 0 bridgehead atoms. The molecule has 1 atom stereocenters. The summed E-state index contributed by atoms with van der Waals surface area (Å²) < 4.78 is 45.4. The van der Waals surface area contributed by atoms with E-state index in [1.807, 2.05) is 6.07 Å². The van der Waals surface area contributed by atoms with Crippen LogP contribution in [0.4, 0.5) is 5.69 Å². The molecule has 40 heavy (non-hydrogen) atoms. The monoisotopic (exact) mass is 567 g/mol. The zero-order valence-electron chi connectivity index (χ0n) is 22.7. The molecule has 0 aliphatic carbocycles. The summed E-state index contributed by atoms with van der Waals surface area (Å²) in [5, 5.41) is 2.74. The molecule has 4 rings (SSSR count). The minimum absolute atomic E-state index is 0.0220. The Balaban J connectivity index is 1.73. The molecule has 10 nitrogen and oxygen atoms in total. The summed E-state index contributed by atoms with van der Waals surface area (Å²) in [4.78, 5) is 28.2. The van der Waals surface area contributed by atoms with Gasteiger partial charge in [-0.25, -0.2) is 8.42 Å². The number of nitrogens with one attached hydrogen (secondary N) is 1. The fourth-order valence-corrected chi connectivity index (χ4v) is 5.73. The Hall–Kier alpha value is -4.25. The van der Waals surface area contributed by atoms with Crippen LogP contribution < -0.4 is 23.8 Å². The van der Waals surface area contributed by atoms with Crippen LogP contribution in [0.2, 0.25) is 0 Å². The number of methoxy groups -OCH3 is 1. The van der Waals surface area contributed by atoms with Gasteiger partial charge in [0.25, 0.3) is 10.0 Å². The number of nitrogens with zero attached hydrogens (tertiary/aromatic N) is 2. The molecule has 0 aromatic heterocycles. The lowest BCUT2D eigenvalue weighted by Crippen LogP contribution is -2.51. The third-order valence-electron chi connectivity index (χ3n) is 6.43. The zero-order valence-corrected chi connectivity index (χ0v) is 23.5. The van der Waals surface area contributed by atoms with Gasteiger partial charge in [0.05, 0.1) is 17.7 Å². The van der Waals surface area contributed by atoms with Crippen LogP contribution >= 0.6 is 0 Å². The minimum atomic E-state index is -4.18. The van der Waals surface area contributed by atoms with E-state index in [9.17, 15) is 18.0 Å². The van der Waals surface area contributed by atoms with Gasteiger partial charge in [0, 0.05) is 19.2 Å². The summed E-state index contributed by atoms with van der Waals surface area (Å²) in [6, 6.07) is 18.9. The number of sulfonamides is 1. The smallest absolute Gasteiger partial charge is 0.264 e. The van der Waals surface area contributed by atoms with Crippen molar-refractivity contribution in [2.45, 2.75) is 31.3 Å². The van der Waals surface area contributed by atoms with Crippen molar-refractivity contribution in [2.75, 3.05) is 37.7 Å². The van der Waals surface area contributed by atoms with Crippen molar-refractivity contribution in [1.29, 1.82) is 0 Å². The number of hydrogen-bond acceptors (Lipinski definition) is 7. The van der Waals surface area contributed by atoms with E-state index >= 15 is 0 Å². The molecule has 1 aliphatic heterocycles. The second-order valence-corrected chi connectivity index (χ2v) is 11.0. The fourth-order valence-electron chi connectivity index (χ4n) is 4.31. The average Bonchev–Trinajstić information content (AvgIpc) is 2.98. The first-order valence-corrected chi connectivity index (χ1v) is 14.4. The van der Waals surface area contributed by atoms with Crippen molar-refractivity contribution >= 4 is 27.5 Å². The van der Waals surface area contributed by atoms with Crippen molar-refractivity contribution in [3.05, 3.63) is 78.4 Å². The molecular formula is C29H33N3O7S. The van der Waals surface area contributed by atoms with Crippen molar-refractivity contribution in [3.63, 3.8) is 0 Å². The summed E-state index contributed by atoms with van der Waals surface area (Å²) in [6.07, 6.45) is 0. The highest BCUT2D eigenvalue weighted by molar-refractivity contribution is 7.92. The summed E-state index contributed by atoms with van der Waals surface area (Å²) in [6.45, 7) is 4.00. The molecule has 0 radical (unpaired) electrons. The summed E-state index contributed by atoms with van der Waals surface area (Å²) >= 11 is 0. The molecule has 0 saturated carbocycles. The maximum atomic E-state index is 14.0. The second kappa shape index (κ2) is 12.7. The van der Waals surface area contributed by atoms with E-state index in [0.29, 0.717) is 37.0 Å². The highest BCUT2D eigenvalue weighted by Crippen LogP contribution is 2.36. The van der Waals surface area contributed by atoms with Gasteiger partial charge >= 0.3 is 0 Å². The number of anilines is 1. The molecule has 0 fully saturated rings. The maximum Gasteiger partial charge on any atom is 0.264 e. The van der Waals surface area contributed by atoms with E-state index in [2.05, 4.69) is 5.32 Å². The van der Waals surface area contributed by atoms with E-state index in [-0.39, 0.29) is 23.0 Å². The highest BCUT2D eigenvalue weighted by atomic mass is 32.2. The van der Waals surface area contributed by atoms with Crippen molar-refractivity contribution < 1.29 is 32.2 Å². The van der Waals surface area contributed by atoms with Crippen LogP contribution in [0.25, 0.3) is 0 Å². The van der Waals surface area contributed by atoms with Crippen molar-refractivity contribution in [3.8, 4) is 17.2 Å². The SMILES string of the molecule is CCNC(=O)[C@H](C)N(Cc1cccc(OC)c1)C(=O)CN(c1ccc2c(c1)OCCO2)S(=O)(=O)c1ccccc1. The number of ether oxygens (including phenoxy) is 3. The van der Waals surface area contributed by atoms with E-state index in [1.54, 1.807) is 75.6 Å². The largest absolute Gasteiger partial charge is 0.497 e. The summed E-state index contributed by atoms with van der Waals surface area (Å²) in [5.74, 6) is 0.558. The van der Waals surface area contributed by atoms with Crippen molar-refractivity contribution in [1.82, 2.24) is 10.2 Å². The van der Waals surface area contributed by atoms with Gasteiger partial charge in [0.2, 0.25) is 11.8 Å². The lowest BCUT2D eigenvalue weighted by atomic mass is 10.1. The predicted octanol–water partition coefficient (Wildman–Crippen LogP) is 3.22. The minimum Gasteiger partial charge on any atom is -0.497 e. The Kier molecular flexibility index (Phi) is 9.15. The van der Waals surface area contributed by atoms with Crippen LogP contribution in [0.5, 0.6) is 17.2 Å². The maximum absolute atomic E-state index is 14.0. The van der Waals surface area contributed by atoms with Crippen LogP contribution in [-0.2, 0) is 26.2 Å². The molecule has 1 N–H and O–H groups in total. The zero-order chi connectivity index (χ0) is 28.7. The number of likely N-dealkylation sites (N-methyl/N-ethyl adjacent to an activating group) is 1.